The number of nitrogens with one attached hydrogen (secondary N) is 1. The van der Waals surface area contributed by atoms with Crippen LogP contribution in [0.4, 0.5) is 5.82 Å². The molecule has 1 aliphatic carbocycles. The molecule has 1 saturated carbocycles. The maximum atomic E-state index is 9.38. The minimum Gasteiger partial charge on any atom is -0.362 e. The van der Waals surface area contributed by atoms with Crippen LogP contribution in [0.1, 0.15) is 49.4 Å². The Kier molecular flexibility index (Phi) is 4.29. The zero-order valence-corrected chi connectivity index (χ0v) is 12.7. The average molecular weight is 272 g/mol. The van der Waals surface area contributed by atoms with Crippen LogP contribution in [0.3, 0.4) is 0 Å². The van der Waals surface area contributed by atoms with Crippen molar-refractivity contribution in [2.45, 2.75) is 52.0 Å². The van der Waals surface area contributed by atoms with E-state index in [1.807, 2.05) is 19.9 Å². The lowest BCUT2D eigenvalue weighted by Crippen LogP contribution is -2.52. The highest BCUT2D eigenvalue weighted by Gasteiger charge is 2.37. The highest BCUT2D eigenvalue weighted by Crippen LogP contribution is 2.36. The summed E-state index contributed by atoms with van der Waals surface area (Å²) in [7, 11) is 0. The molecule has 1 fully saturated rings. The number of rotatable bonds is 3. The fraction of sp³-hybridized carbons (Fsp3) is 0.625. The SMILES string of the molecule is Cc1cc(C)c(C#N)c(NC2(CN)CCCCC2C)n1. The van der Waals surface area contributed by atoms with Crippen molar-refractivity contribution in [1.82, 2.24) is 4.98 Å². The summed E-state index contributed by atoms with van der Waals surface area (Å²) in [5.41, 5.74) is 8.48. The van der Waals surface area contributed by atoms with Crippen LogP contribution in [0.2, 0.25) is 0 Å². The largest absolute Gasteiger partial charge is 0.362 e. The van der Waals surface area contributed by atoms with E-state index in [0.717, 1.165) is 17.7 Å². The van der Waals surface area contributed by atoms with Crippen molar-refractivity contribution in [2.24, 2.45) is 11.7 Å². The Morgan fingerprint density at radius 1 is 1.50 bits per heavy atom. The lowest BCUT2D eigenvalue weighted by atomic mass is 9.73. The molecule has 0 saturated heterocycles. The van der Waals surface area contributed by atoms with Crippen molar-refractivity contribution in [2.75, 3.05) is 11.9 Å². The van der Waals surface area contributed by atoms with Gasteiger partial charge in [0.1, 0.15) is 11.9 Å². The zero-order valence-electron chi connectivity index (χ0n) is 12.7. The molecule has 1 aromatic rings. The molecule has 1 aliphatic rings. The van der Waals surface area contributed by atoms with Gasteiger partial charge in [-0.2, -0.15) is 5.26 Å². The quantitative estimate of drug-likeness (QED) is 0.887. The van der Waals surface area contributed by atoms with Gasteiger partial charge in [0.05, 0.1) is 11.1 Å². The van der Waals surface area contributed by atoms with E-state index in [1.165, 1.54) is 19.3 Å². The maximum Gasteiger partial charge on any atom is 0.144 e. The average Bonchev–Trinajstić information content (AvgIpc) is 2.41. The van der Waals surface area contributed by atoms with Crippen molar-refractivity contribution in [3.63, 3.8) is 0 Å². The van der Waals surface area contributed by atoms with E-state index in [4.69, 9.17) is 5.73 Å². The summed E-state index contributed by atoms with van der Waals surface area (Å²) in [5.74, 6) is 1.19. The molecular formula is C16H24N4. The van der Waals surface area contributed by atoms with Crippen LogP contribution in [0.5, 0.6) is 0 Å². The first-order chi connectivity index (χ1) is 9.52. The molecule has 2 rings (SSSR count). The Bertz CT molecular complexity index is 532. The van der Waals surface area contributed by atoms with Crippen molar-refractivity contribution >= 4 is 5.82 Å². The molecule has 0 radical (unpaired) electrons. The van der Waals surface area contributed by atoms with E-state index in [9.17, 15) is 5.26 Å². The van der Waals surface area contributed by atoms with Crippen LogP contribution in [-0.4, -0.2) is 17.1 Å². The summed E-state index contributed by atoms with van der Waals surface area (Å²) in [6.45, 7) is 6.73. The fourth-order valence-electron chi connectivity index (χ4n) is 3.26. The predicted octanol–water partition coefficient (Wildman–Crippen LogP) is 2.89. The number of nitriles is 1. The van der Waals surface area contributed by atoms with Gasteiger partial charge < -0.3 is 11.1 Å². The molecular weight excluding hydrogens is 248 g/mol. The third kappa shape index (κ3) is 2.64. The van der Waals surface area contributed by atoms with Gasteiger partial charge in [-0.3, -0.25) is 0 Å². The summed E-state index contributed by atoms with van der Waals surface area (Å²) in [6, 6.07) is 4.22. The van der Waals surface area contributed by atoms with Gasteiger partial charge in [0.25, 0.3) is 0 Å². The van der Waals surface area contributed by atoms with E-state index in [1.54, 1.807) is 0 Å². The summed E-state index contributed by atoms with van der Waals surface area (Å²) >= 11 is 0. The molecule has 0 spiro atoms. The molecule has 20 heavy (non-hydrogen) atoms. The highest BCUT2D eigenvalue weighted by molar-refractivity contribution is 5.57. The van der Waals surface area contributed by atoms with E-state index in [2.05, 4.69) is 23.3 Å². The minimum atomic E-state index is -0.128. The monoisotopic (exact) mass is 272 g/mol. The van der Waals surface area contributed by atoms with Crippen molar-refractivity contribution < 1.29 is 0 Å². The third-order valence-corrected chi connectivity index (χ3v) is 4.64. The van der Waals surface area contributed by atoms with Crippen molar-refractivity contribution in [1.29, 1.82) is 5.26 Å². The lowest BCUT2D eigenvalue weighted by molar-refractivity contribution is 0.235. The Balaban J connectivity index is 2.39. The molecule has 0 aromatic carbocycles. The minimum absolute atomic E-state index is 0.128. The van der Waals surface area contributed by atoms with Crippen LogP contribution < -0.4 is 11.1 Å². The number of nitrogens with two attached hydrogens (primary N) is 1. The topological polar surface area (TPSA) is 74.7 Å². The number of nitrogens with zero attached hydrogens (tertiary/aromatic N) is 2. The number of hydrogen-bond donors (Lipinski definition) is 2. The van der Waals surface area contributed by atoms with Crippen LogP contribution in [0.25, 0.3) is 0 Å². The van der Waals surface area contributed by atoms with Gasteiger partial charge in [0, 0.05) is 12.2 Å². The first-order valence-corrected chi connectivity index (χ1v) is 7.39. The molecule has 0 bridgehead atoms. The normalized spacial score (nSPS) is 26.1. The molecule has 1 aromatic heterocycles. The Morgan fingerprint density at radius 2 is 2.25 bits per heavy atom. The summed E-state index contributed by atoms with van der Waals surface area (Å²) in [5, 5.41) is 12.9. The molecule has 1 heterocycles. The molecule has 2 atom stereocenters. The molecule has 0 amide bonds. The van der Waals surface area contributed by atoms with Crippen LogP contribution in [0.15, 0.2) is 6.07 Å². The summed E-state index contributed by atoms with van der Waals surface area (Å²) in [4.78, 5) is 4.54. The molecule has 4 heteroatoms. The van der Waals surface area contributed by atoms with Crippen molar-refractivity contribution in [3.8, 4) is 6.07 Å². The zero-order chi connectivity index (χ0) is 14.8. The van der Waals surface area contributed by atoms with E-state index < -0.39 is 0 Å². The van der Waals surface area contributed by atoms with E-state index >= 15 is 0 Å². The first kappa shape index (κ1) is 14.8. The smallest absolute Gasteiger partial charge is 0.144 e. The summed E-state index contributed by atoms with van der Waals surface area (Å²) in [6.07, 6.45) is 4.66. The second-order valence-electron chi connectivity index (χ2n) is 6.05. The Hall–Kier alpha value is -1.60. The standard InChI is InChI=1S/C16H24N4/c1-11-8-13(3)19-15(14(11)9-17)20-16(10-18)7-5-4-6-12(16)2/h8,12H,4-7,10,18H2,1-3H3,(H,19,20). The van der Waals surface area contributed by atoms with E-state index in [0.29, 0.717) is 23.8 Å². The number of pyridine rings is 1. The predicted molar refractivity (Wildman–Crippen MR) is 81.5 cm³/mol. The molecule has 4 nitrogen and oxygen atoms in total. The molecule has 108 valence electrons. The van der Waals surface area contributed by atoms with Gasteiger partial charge >= 0.3 is 0 Å². The molecule has 3 N–H and O–H groups in total. The van der Waals surface area contributed by atoms with E-state index in [-0.39, 0.29) is 5.54 Å². The van der Waals surface area contributed by atoms with Gasteiger partial charge in [0.15, 0.2) is 0 Å². The number of hydrogen-bond acceptors (Lipinski definition) is 4. The Morgan fingerprint density at radius 3 is 2.85 bits per heavy atom. The lowest BCUT2D eigenvalue weighted by Gasteiger charge is -2.43. The van der Waals surface area contributed by atoms with Crippen molar-refractivity contribution in [3.05, 3.63) is 22.9 Å². The fourth-order valence-corrected chi connectivity index (χ4v) is 3.26. The highest BCUT2D eigenvalue weighted by atomic mass is 15.1. The second kappa shape index (κ2) is 5.80. The first-order valence-electron chi connectivity index (χ1n) is 7.39. The summed E-state index contributed by atoms with van der Waals surface area (Å²) < 4.78 is 0. The second-order valence-corrected chi connectivity index (χ2v) is 6.05. The number of aryl methyl sites for hydroxylation is 2. The molecule has 0 aliphatic heterocycles. The van der Waals surface area contributed by atoms with Gasteiger partial charge in [0.2, 0.25) is 0 Å². The maximum absolute atomic E-state index is 9.38. The van der Waals surface area contributed by atoms with Gasteiger partial charge in [-0.05, 0) is 44.2 Å². The van der Waals surface area contributed by atoms with Gasteiger partial charge in [-0.25, -0.2) is 4.98 Å². The van der Waals surface area contributed by atoms with Crippen LogP contribution >= 0.6 is 0 Å². The number of aromatic nitrogens is 1. The van der Waals surface area contributed by atoms with Gasteiger partial charge in [-0.15, -0.1) is 0 Å². The number of anilines is 1. The van der Waals surface area contributed by atoms with Gasteiger partial charge in [-0.1, -0.05) is 19.8 Å². The molecule has 2 unspecified atom stereocenters. The third-order valence-electron chi connectivity index (χ3n) is 4.64. The van der Waals surface area contributed by atoms with Crippen LogP contribution in [-0.2, 0) is 0 Å². The Labute approximate surface area is 121 Å². The van der Waals surface area contributed by atoms with Crippen LogP contribution in [0, 0.1) is 31.1 Å².